The number of hydrogen-bond donors (Lipinski definition) is 0. The molecule has 5 heterocycles. The van der Waals surface area contributed by atoms with Gasteiger partial charge in [0.25, 0.3) is 5.91 Å². The minimum absolute atomic E-state index is 0.0551. The van der Waals surface area contributed by atoms with Crippen LogP contribution in [0.2, 0.25) is 0 Å². The fraction of sp³-hybridized carbons (Fsp3) is 0.364. The molecule has 0 saturated carbocycles. The van der Waals surface area contributed by atoms with Gasteiger partial charge in [-0.05, 0) is 37.1 Å². The van der Waals surface area contributed by atoms with Crippen LogP contribution in [0, 0.1) is 0 Å². The summed E-state index contributed by atoms with van der Waals surface area (Å²) in [5, 5.41) is 0. The number of fused-ring (bicyclic) bond motifs is 4. The Morgan fingerprint density at radius 1 is 1.17 bits per heavy atom. The van der Waals surface area contributed by atoms with Gasteiger partial charge >= 0.3 is 0 Å². The molecule has 0 aliphatic carbocycles. The highest BCUT2D eigenvalue weighted by molar-refractivity contribution is 5.92. The third kappa shape index (κ3) is 2.72. The second kappa shape index (κ2) is 6.99. The summed E-state index contributed by atoms with van der Waals surface area (Å²) in [4.78, 5) is 30.4. The van der Waals surface area contributed by atoms with Crippen LogP contribution in [-0.4, -0.2) is 50.0 Å². The van der Waals surface area contributed by atoms with Gasteiger partial charge in [-0.3, -0.25) is 9.78 Å². The van der Waals surface area contributed by atoms with Gasteiger partial charge in [0.05, 0.1) is 17.6 Å². The summed E-state index contributed by atoms with van der Waals surface area (Å²) in [6.07, 6.45) is 11.7. The third-order valence-electron chi connectivity index (χ3n) is 6.08. The number of nitrogens with zero attached hydrogens (tertiary/aromatic N) is 6. The minimum Gasteiger partial charge on any atom is -0.355 e. The smallest absolute Gasteiger partial charge is 0.274 e. The average molecular weight is 388 g/mol. The van der Waals surface area contributed by atoms with E-state index in [1.165, 1.54) is 5.69 Å². The number of carbonyl (C=O) groups is 1. The van der Waals surface area contributed by atoms with Crippen molar-refractivity contribution in [1.82, 2.24) is 24.4 Å². The average Bonchev–Trinajstić information content (AvgIpc) is 3.43. The van der Waals surface area contributed by atoms with E-state index in [1.807, 2.05) is 17.2 Å². The highest BCUT2D eigenvalue weighted by Crippen LogP contribution is 2.47. The van der Waals surface area contributed by atoms with Crippen molar-refractivity contribution in [2.45, 2.75) is 31.7 Å². The van der Waals surface area contributed by atoms with Crippen LogP contribution in [0.15, 0.2) is 55.2 Å². The van der Waals surface area contributed by atoms with Crippen LogP contribution in [0.5, 0.6) is 0 Å². The summed E-state index contributed by atoms with van der Waals surface area (Å²) in [5.41, 5.74) is 2.48. The summed E-state index contributed by atoms with van der Waals surface area (Å²) in [5.74, 6) is 0.911. The van der Waals surface area contributed by atoms with Crippen molar-refractivity contribution in [3.63, 3.8) is 0 Å². The molecule has 0 aromatic carbocycles. The highest BCUT2D eigenvalue weighted by Gasteiger charge is 2.50. The monoisotopic (exact) mass is 388 g/mol. The predicted octanol–water partition coefficient (Wildman–Crippen LogP) is 3.02. The number of unbranched alkanes of at least 4 members (excludes halogenated alkanes) is 1. The lowest BCUT2D eigenvalue weighted by Gasteiger charge is -2.47. The van der Waals surface area contributed by atoms with Gasteiger partial charge in [-0.25, -0.2) is 9.97 Å². The zero-order valence-corrected chi connectivity index (χ0v) is 16.5. The van der Waals surface area contributed by atoms with Crippen LogP contribution in [-0.2, 0) is 5.54 Å². The first kappa shape index (κ1) is 17.8. The van der Waals surface area contributed by atoms with E-state index >= 15 is 0 Å². The second-order valence-electron chi connectivity index (χ2n) is 7.71. The molecule has 0 radical (unpaired) electrons. The molecule has 1 fully saturated rings. The molecule has 7 heteroatoms. The maximum atomic E-state index is 13.1. The first-order valence-corrected chi connectivity index (χ1v) is 10.2. The van der Waals surface area contributed by atoms with Crippen molar-refractivity contribution < 1.29 is 4.79 Å². The molecule has 3 aromatic rings. The molecule has 2 aliphatic rings. The zero-order chi connectivity index (χ0) is 19.8. The summed E-state index contributed by atoms with van der Waals surface area (Å²) < 4.78 is 2.19. The standard InChI is InChI=1S/C22H24N6O/c1-2-3-13-28-18-6-4-9-25-20(18)27-12-5-7-19(27)22(28)8-14-26(16-22)21(29)17-15-23-10-11-24-17/h4-7,9-12,15H,2-3,8,13-14,16H2,1H3. The molecule has 1 atom stereocenters. The summed E-state index contributed by atoms with van der Waals surface area (Å²) in [7, 11) is 0. The first-order chi connectivity index (χ1) is 14.2. The normalized spacial score (nSPS) is 20.0. The molecule has 1 amide bonds. The lowest BCUT2D eigenvalue weighted by atomic mass is 9.88. The zero-order valence-electron chi connectivity index (χ0n) is 16.5. The van der Waals surface area contributed by atoms with Crippen LogP contribution < -0.4 is 4.90 Å². The molecule has 7 nitrogen and oxygen atoms in total. The van der Waals surface area contributed by atoms with Crippen LogP contribution in [0.4, 0.5) is 5.69 Å². The van der Waals surface area contributed by atoms with E-state index in [9.17, 15) is 4.79 Å². The summed E-state index contributed by atoms with van der Waals surface area (Å²) in [6.45, 7) is 4.47. The molecule has 1 saturated heterocycles. The fourth-order valence-corrected chi connectivity index (χ4v) is 4.72. The Morgan fingerprint density at radius 2 is 2.10 bits per heavy atom. The van der Waals surface area contributed by atoms with E-state index in [2.05, 4.69) is 55.7 Å². The molecule has 5 rings (SSSR count). The van der Waals surface area contributed by atoms with Crippen LogP contribution in [0.3, 0.4) is 0 Å². The van der Waals surface area contributed by atoms with Gasteiger partial charge in [0.15, 0.2) is 5.82 Å². The van der Waals surface area contributed by atoms with Gasteiger partial charge in [-0.1, -0.05) is 13.3 Å². The molecule has 29 heavy (non-hydrogen) atoms. The van der Waals surface area contributed by atoms with E-state index < -0.39 is 0 Å². The Balaban J connectivity index is 1.57. The first-order valence-electron chi connectivity index (χ1n) is 10.2. The van der Waals surface area contributed by atoms with Crippen LogP contribution in [0.25, 0.3) is 5.82 Å². The van der Waals surface area contributed by atoms with Gasteiger partial charge in [0.2, 0.25) is 0 Å². The predicted molar refractivity (Wildman–Crippen MR) is 110 cm³/mol. The Morgan fingerprint density at radius 3 is 2.93 bits per heavy atom. The Hall–Kier alpha value is -3.22. The summed E-state index contributed by atoms with van der Waals surface area (Å²) in [6, 6.07) is 8.39. The quantitative estimate of drug-likeness (QED) is 0.687. The van der Waals surface area contributed by atoms with Gasteiger partial charge in [0.1, 0.15) is 11.2 Å². The number of amides is 1. The third-order valence-corrected chi connectivity index (χ3v) is 6.08. The Kier molecular flexibility index (Phi) is 4.30. The summed E-state index contributed by atoms with van der Waals surface area (Å²) >= 11 is 0. The van der Waals surface area contributed by atoms with Gasteiger partial charge in [-0.15, -0.1) is 0 Å². The molecule has 0 bridgehead atoms. The molecular weight excluding hydrogens is 364 g/mol. The molecule has 1 unspecified atom stereocenters. The van der Waals surface area contributed by atoms with E-state index in [0.717, 1.165) is 37.3 Å². The molecule has 148 valence electrons. The Labute approximate surface area is 170 Å². The number of anilines is 1. The van der Waals surface area contributed by atoms with E-state index in [1.54, 1.807) is 18.6 Å². The molecule has 2 aliphatic heterocycles. The van der Waals surface area contributed by atoms with E-state index in [-0.39, 0.29) is 11.4 Å². The number of hydrogen-bond acceptors (Lipinski definition) is 5. The van der Waals surface area contributed by atoms with Crippen LogP contribution >= 0.6 is 0 Å². The largest absolute Gasteiger partial charge is 0.355 e. The molecule has 1 spiro atoms. The van der Waals surface area contributed by atoms with Crippen molar-refractivity contribution >= 4 is 11.6 Å². The maximum absolute atomic E-state index is 13.1. The topological polar surface area (TPSA) is 67.2 Å². The van der Waals surface area contributed by atoms with Crippen molar-refractivity contribution in [3.05, 3.63) is 66.6 Å². The number of aromatic nitrogens is 4. The van der Waals surface area contributed by atoms with Crippen molar-refractivity contribution in [2.75, 3.05) is 24.5 Å². The lowest BCUT2D eigenvalue weighted by Crippen LogP contribution is -2.53. The van der Waals surface area contributed by atoms with Gasteiger partial charge < -0.3 is 14.4 Å². The number of carbonyl (C=O) groups excluding carboxylic acids is 1. The van der Waals surface area contributed by atoms with Gasteiger partial charge in [-0.2, -0.15) is 0 Å². The van der Waals surface area contributed by atoms with Crippen molar-refractivity contribution in [1.29, 1.82) is 0 Å². The van der Waals surface area contributed by atoms with E-state index in [0.29, 0.717) is 18.8 Å². The number of pyridine rings is 1. The second-order valence-corrected chi connectivity index (χ2v) is 7.71. The van der Waals surface area contributed by atoms with Crippen molar-refractivity contribution in [2.24, 2.45) is 0 Å². The number of likely N-dealkylation sites (tertiary alicyclic amines) is 1. The fourth-order valence-electron chi connectivity index (χ4n) is 4.72. The maximum Gasteiger partial charge on any atom is 0.274 e. The van der Waals surface area contributed by atoms with E-state index in [4.69, 9.17) is 0 Å². The molecule has 0 N–H and O–H groups in total. The van der Waals surface area contributed by atoms with Crippen molar-refractivity contribution in [3.8, 4) is 5.82 Å². The molecular formula is C22H24N6O. The lowest BCUT2D eigenvalue weighted by molar-refractivity contribution is 0.0775. The SMILES string of the molecule is CCCCN1c2cccnc2-n2cccc2C12CCN(C(=O)c1cnccn1)C2. The van der Waals surface area contributed by atoms with Crippen LogP contribution in [0.1, 0.15) is 42.4 Å². The Bertz CT molecular complexity index is 1030. The van der Waals surface area contributed by atoms with Gasteiger partial charge in [0, 0.05) is 44.4 Å². The highest BCUT2D eigenvalue weighted by atomic mass is 16.2. The minimum atomic E-state index is -0.257. The molecule has 3 aromatic heterocycles. The number of rotatable bonds is 4.